The molecule has 1 N–H and O–H groups in total. The second-order valence-corrected chi connectivity index (χ2v) is 6.22. The second kappa shape index (κ2) is 5.16. The largest absolute Gasteiger partial charge is 0.303 e. The SMILES string of the molecule is Cc1ccccc1S(=O)(=O)N1CCCCNC1. The lowest BCUT2D eigenvalue weighted by Gasteiger charge is -2.20. The molecule has 1 saturated heterocycles. The summed E-state index contributed by atoms with van der Waals surface area (Å²) in [5.74, 6) is 0. The van der Waals surface area contributed by atoms with E-state index >= 15 is 0 Å². The molecule has 1 aromatic carbocycles. The predicted molar refractivity (Wildman–Crippen MR) is 67.2 cm³/mol. The van der Waals surface area contributed by atoms with Crippen LogP contribution in [-0.4, -0.2) is 32.5 Å². The fourth-order valence-electron chi connectivity index (χ4n) is 2.01. The Morgan fingerprint density at radius 1 is 1.24 bits per heavy atom. The Morgan fingerprint density at radius 2 is 2.00 bits per heavy atom. The van der Waals surface area contributed by atoms with Gasteiger partial charge in [-0.05, 0) is 37.9 Å². The number of aryl methyl sites for hydroxylation is 1. The maximum atomic E-state index is 12.4. The van der Waals surface area contributed by atoms with Gasteiger partial charge >= 0.3 is 0 Å². The number of sulfonamides is 1. The van der Waals surface area contributed by atoms with Crippen molar-refractivity contribution in [1.82, 2.24) is 9.62 Å². The number of hydrogen-bond donors (Lipinski definition) is 1. The molecule has 0 unspecified atom stereocenters. The maximum absolute atomic E-state index is 12.4. The highest BCUT2D eigenvalue weighted by molar-refractivity contribution is 7.89. The van der Waals surface area contributed by atoms with Crippen molar-refractivity contribution < 1.29 is 8.42 Å². The lowest BCUT2D eigenvalue weighted by molar-refractivity contribution is 0.407. The maximum Gasteiger partial charge on any atom is 0.244 e. The average molecular weight is 254 g/mol. The molecule has 1 aliphatic heterocycles. The van der Waals surface area contributed by atoms with Gasteiger partial charge in [-0.2, -0.15) is 4.31 Å². The van der Waals surface area contributed by atoms with Crippen molar-refractivity contribution >= 4 is 10.0 Å². The monoisotopic (exact) mass is 254 g/mol. The van der Waals surface area contributed by atoms with Crippen molar-refractivity contribution in [3.8, 4) is 0 Å². The van der Waals surface area contributed by atoms with Crippen LogP contribution in [0.1, 0.15) is 18.4 Å². The number of benzene rings is 1. The molecule has 94 valence electrons. The van der Waals surface area contributed by atoms with E-state index in [0.29, 0.717) is 18.1 Å². The summed E-state index contributed by atoms with van der Waals surface area (Å²) < 4.78 is 26.4. The first kappa shape index (κ1) is 12.5. The Hall–Kier alpha value is -0.910. The lowest BCUT2D eigenvalue weighted by Crippen LogP contribution is -2.37. The van der Waals surface area contributed by atoms with E-state index in [1.54, 1.807) is 12.1 Å². The van der Waals surface area contributed by atoms with Crippen LogP contribution in [0.5, 0.6) is 0 Å². The zero-order chi connectivity index (χ0) is 12.3. The van der Waals surface area contributed by atoms with Crippen LogP contribution in [-0.2, 0) is 10.0 Å². The number of rotatable bonds is 2. The zero-order valence-corrected chi connectivity index (χ0v) is 10.8. The minimum atomic E-state index is -3.35. The number of nitrogens with zero attached hydrogens (tertiary/aromatic N) is 1. The molecule has 0 amide bonds. The minimum absolute atomic E-state index is 0.413. The van der Waals surface area contributed by atoms with Crippen molar-refractivity contribution in [2.75, 3.05) is 19.8 Å². The van der Waals surface area contributed by atoms with E-state index in [-0.39, 0.29) is 0 Å². The van der Waals surface area contributed by atoms with E-state index in [1.807, 2.05) is 19.1 Å². The minimum Gasteiger partial charge on any atom is -0.303 e. The van der Waals surface area contributed by atoms with E-state index in [0.717, 1.165) is 24.9 Å². The van der Waals surface area contributed by atoms with E-state index in [1.165, 1.54) is 4.31 Å². The molecule has 0 aromatic heterocycles. The van der Waals surface area contributed by atoms with Crippen LogP contribution in [0.2, 0.25) is 0 Å². The molecule has 0 atom stereocenters. The molecule has 1 heterocycles. The van der Waals surface area contributed by atoms with Crippen molar-refractivity contribution in [2.45, 2.75) is 24.7 Å². The predicted octanol–water partition coefficient (Wildman–Crippen LogP) is 1.33. The molecule has 17 heavy (non-hydrogen) atoms. The summed E-state index contributed by atoms with van der Waals surface area (Å²) in [7, 11) is -3.35. The Bertz CT molecular complexity index is 477. The topological polar surface area (TPSA) is 49.4 Å². The third kappa shape index (κ3) is 2.68. The fraction of sp³-hybridized carbons (Fsp3) is 0.500. The standard InChI is InChI=1S/C12H18N2O2S/c1-11-6-2-3-7-12(11)17(15,16)14-9-5-4-8-13-10-14/h2-3,6-7,13H,4-5,8-10H2,1H3. The smallest absolute Gasteiger partial charge is 0.244 e. The molecule has 0 aliphatic carbocycles. The number of nitrogens with one attached hydrogen (secondary N) is 1. The van der Waals surface area contributed by atoms with E-state index in [9.17, 15) is 8.42 Å². The molecule has 1 fully saturated rings. The average Bonchev–Trinajstić information content (AvgIpc) is 2.58. The first-order valence-corrected chi connectivity index (χ1v) is 7.33. The molecular formula is C12H18N2O2S. The van der Waals surface area contributed by atoms with Crippen molar-refractivity contribution in [3.63, 3.8) is 0 Å². The summed E-state index contributed by atoms with van der Waals surface area (Å²) in [6.07, 6.45) is 1.94. The molecule has 0 radical (unpaired) electrons. The van der Waals surface area contributed by atoms with Crippen LogP contribution in [0.4, 0.5) is 0 Å². The third-order valence-electron chi connectivity index (χ3n) is 3.01. The van der Waals surface area contributed by atoms with Crippen LogP contribution in [0.15, 0.2) is 29.2 Å². The molecule has 0 saturated carbocycles. The van der Waals surface area contributed by atoms with Gasteiger partial charge in [0.25, 0.3) is 0 Å². The summed E-state index contributed by atoms with van der Waals surface area (Å²) in [4.78, 5) is 0.420. The first-order valence-electron chi connectivity index (χ1n) is 5.89. The van der Waals surface area contributed by atoms with Gasteiger partial charge in [0.15, 0.2) is 0 Å². The highest BCUT2D eigenvalue weighted by Crippen LogP contribution is 2.20. The number of hydrogen-bond acceptors (Lipinski definition) is 3. The van der Waals surface area contributed by atoms with Gasteiger partial charge in [-0.25, -0.2) is 8.42 Å². The second-order valence-electron chi connectivity index (χ2n) is 4.31. The summed E-state index contributed by atoms with van der Waals surface area (Å²) >= 11 is 0. The summed E-state index contributed by atoms with van der Waals surface area (Å²) in [6, 6.07) is 7.13. The molecular weight excluding hydrogens is 236 g/mol. The van der Waals surface area contributed by atoms with Crippen molar-refractivity contribution in [3.05, 3.63) is 29.8 Å². The van der Waals surface area contributed by atoms with Gasteiger partial charge in [-0.1, -0.05) is 18.2 Å². The van der Waals surface area contributed by atoms with Crippen LogP contribution in [0, 0.1) is 6.92 Å². The van der Waals surface area contributed by atoms with Gasteiger partial charge in [0.2, 0.25) is 10.0 Å². The highest BCUT2D eigenvalue weighted by atomic mass is 32.2. The van der Waals surface area contributed by atoms with Crippen LogP contribution in [0.25, 0.3) is 0 Å². The molecule has 2 rings (SSSR count). The molecule has 1 aromatic rings. The van der Waals surface area contributed by atoms with Crippen molar-refractivity contribution in [1.29, 1.82) is 0 Å². The zero-order valence-electron chi connectivity index (χ0n) is 10.0. The van der Waals surface area contributed by atoms with Crippen LogP contribution >= 0.6 is 0 Å². The van der Waals surface area contributed by atoms with Gasteiger partial charge in [-0.15, -0.1) is 0 Å². The fourth-order valence-corrected chi connectivity index (χ4v) is 3.65. The third-order valence-corrected chi connectivity index (χ3v) is 5.02. The lowest BCUT2D eigenvalue weighted by atomic mass is 10.2. The molecule has 1 aliphatic rings. The molecule has 0 bridgehead atoms. The summed E-state index contributed by atoms with van der Waals surface area (Å²) in [5, 5.41) is 3.14. The van der Waals surface area contributed by atoms with Gasteiger partial charge in [0, 0.05) is 6.54 Å². The quantitative estimate of drug-likeness (QED) is 0.866. The normalized spacial score (nSPS) is 18.9. The van der Waals surface area contributed by atoms with Gasteiger partial charge in [0.1, 0.15) is 0 Å². The van der Waals surface area contributed by atoms with E-state index in [2.05, 4.69) is 5.32 Å². The van der Waals surface area contributed by atoms with Crippen LogP contribution < -0.4 is 5.32 Å². The highest BCUT2D eigenvalue weighted by Gasteiger charge is 2.25. The molecule has 0 spiro atoms. The molecule has 5 heteroatoms. The van der Waals surface area contributed by atoms with E-state index in [4.69, 9.17) is 0 Å². The summed E-state index contributed by atoms with van der Waals surface area (Å²) in [6.45, 7) is 3.73. The van der Waals surface area contributed by atoms with Crippen molar-refractivity contribution in [2.24, 2.45) is 0 Å². The Kier molecular flexibility index (Phi) is 3.81. The Morgan fingerprint density at radius 3 is 2.76 bits per heavy atom. The van der Waals surface area contributed by atoms with Gasteiger partial charge in [0.05, 0.1) is 11.6 Å². The molecule has 4 nitrogen and oxygen atoms in total. The Balaban J connectivity index is 2.32. The van der Waals surface area contributed by atoms with Gasteiger partial charge in [-0.3, -0.25) is 0 Å². The first-order chi connectivity index (χ1) is 8.12. The Labute approximate surface area is 103 Å². The van der Waals surface area contributed by atoms with Gasteiger partial charge < -0.3 is 5.32 Å². The van der Waals surface area contributed by atoms with E-state index < -0.39 is 10.0 Å². The van der Waals surface area contributed by atoms with Crippen LogP contribution in [0.3, 0.4) is 0 Å². The summed E-state index contributed by atoms with van der Waals surface area (Å²) in [5.41, 5.74) is 0.803.